The van der Waals surface area contributed by atoms with Gasteiger partial charge in [0.1, 0.15) is 11.7 Å². The van der Waals surface area contributed by atoms with Crippen LogP contribution in [-0.4, -0.2) is 49.2 Å². The Morgan fingerprint density at radius 2 is 2.45 bits per heavy atom. The number of ether oxygens (including phenoxy) is 1. The van der Waals surface area contributed by atoms with Gasteiger partial charge in [-0.1, -0.05) is 0 Å². The Balaban J connectivity index is 1.85. The van der Waals surface area contributed by atoms with Crippen LogP contribution in [0.5, 0.6) is 0 Å². The first-order valence-electron chi connectivity index (χ1n) is 6.17. The van der Waals surface area contributed by atoms with E-state index in [9.17, 15) is 19.8 Å². The first-order valence-corrected chi connectivity index (χ1v) is 6.17. The molecule has 1 aromatic heterocycles. The third-order valence-electron chi connectivity index (χ3n) is 3.67. The minimum absolute atomic E-state index is 0.0354. The summed E-state index contributed by atoms with van der Waals surface area (Å²) in [6.07, 6.45) is -0.116. The van der Waals surface area contributed by atoms with Crippen LogP contribution in [-0.2, 0) is 9.53 Å². The molecule has 0 spiro atoms. The number of amides is 1. The van der Waals surface area contributed by atoms with Crippen molar-refractivity contribution < 1.29 is 19.7 Å². The lowest BCUT2D eigenvalue weighted by atomic mass is 10.2. The van der Waals surface area contributed by atoms with Crippen molar-refractivity contribution in [1.29, 1.82) is 0 Å². The third kappa shape index (κ3) is 1.90. The summed E-state index contributed by atoms with van der Waals surface area (Å²) in [5.74, 6) is -0.524. The normalized spacial score (nSPS) is 34.6. The lowest BCUT2D eigenvalue weighted by Crippen LogP contribution is -2.36. The summed E-state index contributed by atoms with van der Waals surface area (Å²) in [5, 5.41) is 25.5. The fraction of sp³-hybridized carbons (Fsp3) is 0.636. The van der Waals surface area contributed by atoms with Crippen molar-refractivity contribution in [3.05, 3.63) is 16.7 Å². The molecule has 0 aromatic carbocycles. The zero-order valence-corrected chi connectivity index (χ0v) is 10.7. The van der Waals surface area contributed by atoms with Crippen LogP contribution in [0, 0.1) is 5.92 Å². The lowest BCUT2D eigenvalue weighted by molar-refractivity contribution is -0.114. The molecular weight excluding hydrogens is 268 g/mol. The average molecular weight is 282 g/mol. The number of aliphatic hydroxyl groups excluding tert-OH is 2. The molecule has 3 N–H and O–H groups in total. The molecule has 1 aromatic rings. The number of anilines is 1. The van der Waals surface area contributed by atoms with Crippen LogP contribution >= 0.6 is 0 Å². The molecule has 0 radical (unpaired) electrons. The van der Waals surface area contributed by atoms with Gasteiger partial charge >= 0.3 is 5.69 Å². The van der Waals surface area contributed by atoms with Crippen molar-refractivity contribution in [3.63, 3.8) is 0 Å². The second-order valence-corrected chi connectivity index (χ2v) is 5.08. The van der Waals surface area contributed by atoms with Crippen molar-refractivity contribution in [3.8, 4) is 0 Å². The second-order valence-electron chi connectivity index (χ2n) is 5.08. The van der Waals surface area contributed by atoms with Crippen molar-refractivity contribution in [2.75, 3.05) is 11.9 Å². The number of hydrogen-bond donors (Lipinski definition) is 3. The number of nitrogens with one attached hydrogen (secondary N) is 1. The largest absolute Gasteiger partial charge is 0.393 e. The van der Waals surface area contributed by atoms with E-state index >= 15 is 0 Å². The van der Waals surface area contributed by atoms with Crippen LogP contribution in [0.4, 0.5) is 5.82 Å². The molecule has 108 valence electrons. The number of carbonyl (C=O) groups is 1. The topological polar surface area (TPSA) is 127 Å². The Labute approximate surface area is 113 Å². The summed E-state index contributed by atoms with van der Waals surface area (Å²) in [6.45, 7) is 1.08. The highest BCUT2D eigenvalue weighted by Gasteiger charge is 2.67. The maximum Gasteiger partial charge on any atom is 0.368 e. The summed E-state index contributed by atoms with van der Waals surface area (Å²) >= 11 is 0. The van der Waals surface area contributed by atoms with Gasteiger partial charge in [0.05, 0.1) is 12.8 Å². The Morgan fingerprint density at radius 1 is 1.70 bits per heavy atom. The predicted molar refractivity (Wildman–Crippen MR) is 64.6 cm³/mol. The molecule has 20 heavy (non-hydrogen) atoms. The van der Waals surface area contributed by atoms with E-state index in [0.29, 0.717) is 6.42 Å². The van der Waals surface area contributed by atoms with E-state index in [1.54, 1.807) is 0 Å². The van der Waals surface area contributed by atoms with E-state index in [4.69, 9.17) is 4.74 Å². The molecule has 1 saturated carbocycles. The van der Waals surface area contributed by atoms with Crippen LogP contribution < -0.4 is 11.0 Å². The number of rotatable bonds is 3. The van der Waals surface area contributed by atoms with Crippen molar-refractivity contribution in [2.24, 2.45) is 5.92 Å². The summed E-state index contributed by atoms with van der Waals surface area (Å²) < 4.78 is 6.46. The first kappa shape index (κ1) is 13.2. The molecule has 1 saturated heterocycles. The smallest absolute Gasteiger partial charge is 0.368 e. The summed E-state index contributed by atoms with van der Waals surface area (Å²) in [6, 6.07) is 0. The number of aromatic nitrogens is 3. The van der Waals surface area contributed by atoms with E-state index in [0.717, 1.165) is 4.68 Å². The van der Waals surface area contributed by atoms with E-state index < -0.39 is 23.6 Å². The molecular formula is C11H14N4O5. The molecule has 2 heterocycles. The molecule has 2 aliphatic rings. The van der Waals surface area contributed by atoms with Gasteiger partial charge in [-0.2, -0.15) is 14.8 Å². The van der Waals surface area contributed by atoms with E-state index in [2.05, 4.69) is 15.4 Å². The zero-order chi connectivity index (χ0) is 14.5. The van der Waals surface area contributed by atoms with Gasteiger partial charge in [-0.3, -0.25) is 4.79 Å². The van der Waals surface area contributed by atoms with Crippen molar-refractivity contribution in [2.45, 2.75) is 31.3 Å². The van der Waals surface area contributed by atoms with Gasteiger partial charge in [0, 0.05) is 12.8 Å². The highest BCUT2D eigenvalue weighted by atomic mass is 16.6. The van der Waals surface area contributed by atoms with Crippen LogP contribution in [0.25, 0.3) is 0 Å². The van der Waals surface area contributed by atoms with Crippen molar-refractivity contribution in [1.82, 2.24) is 14.8 Å². The maximum absolute atomic E-state index is 11.9. The van der Waals surface area contributed by atoms with Gasteiger partial charge in [0.15, 0.2) is 12.0 Å². The van der Waals surface area contributed by atoms with Crippen molar-refractivity contribution >= 4 is 11.7 Å². The number of hydrogen-bond acceptors (Lipinski definition) is 7. The summed E-state index contributed by atoms with van der Waals surface area (Å²) in [4.78, 5) is 26.4. The third-order valence-corrected chi connectivity index (χ3v) is 3.67. The van der Waals surface area contributed by atoms with Gasteiger partial charge in [-0.05, 0) is 6.42 Å². The minimum Gasteiger partial charge on any atom is -0.393 e. The molecule has 2 fully saturated rings. The molecule has 4 atom stereocenters. The number of fused-ring (bicyclic) bond motifs is 1. The predicted octanol–water partition coefficient (Wildman–Crippen LogP) is -1.76. The van der Waals surface area contributed by atoms with Gasteiger partial charge < -0.3 is 20.3 Å². The maximum atomic E-state index is 11.9. The molecule has 3 rings (SSSR count). The first-order chi connectivity index (χ1) is 9.47. The Bertz CT molecular complexity index is 617. The molecule has 1 amide bonds. The fourth-order valence-corrected chi connectivity index (χ4v) is 2.57. The SMILES string of the molecule is CC(=O)Nc1cnn([C@@H]2OC3(CO)CC3C2O)c(=O)n1. The monoisotopic (exact) mass is 282 g/mol. The lowest BCUT2D eigenvalue weighted by Gasteiger charge is -2.20. The quantitative estimate of drug-likeness (QED) is 0.599. The van der Waals surface area contributed by atoms with Crippen LogP contribution in [0.15, 0.2) is 11.0 Å². The van der Waals surface area contributed by atoms with Gasteiger partial charge in [0.25, 0.3) is 0 Å². The van der Waals surface area contributed by atoms with Gasteiger partial charge in [-0.25, -0.2) is 4.79 Å². The number of carbonyl (C=O) groups excluding carboxylic acids is 1. The second kappa shape index (κ2) is 4.33. The number of aliphatic hydroxyl groups is 2. The highest BCUT2D eigenvalue weighted by molar-refractivity contribution is 5.87. The Hall–Kier alpha value is -1.84. The van der Waals surface area contributed by atoms with Crippen LogP contribution in [0.2, 0.25) is 0 Å². The van der Waals surface area contributed by atoms with E-state index in [1.807, 2.05) is 0 Å². The molecule has 9 nitrogen and oxygen atoms in total. The molecule has 9 heteroatoms. The van der Waals surface area contributed by atoms with Gasteiger partial charge in [0.2, 0.25) is 5.91 Å². The fourth-order valence-electron chi connectivity index (χ4n) is 2.57. The Morgan fingerprint density at radius 3 is 3.00 bits per heavy atom. The van der Waals surface area contributed by atoms with E-state index in [-0.39, 0.29) is 24.2 Å². The van der Waals surface area contributed by atoms with Gasteiger partial charge in [-0.15, -0.1) is 0 Å². The summed E-state index contributed by atoms with van der Waals surface area (Å²) in [7, 11) is 0. The Kier molecular flexibility index (Phi) is 2.85. The average Bonchev–Trinajstić information content (AvgIpc) is 3.04. The van der Waals surface area contributed by atoms with Crippen LogP contribution in [0.1, 0.15) is 19.6 Å². The van der Waals surface area contributed by atoms with E-state index in [1.165, 1.54) is 13.1 Å². The standard InChI is InChI=1S/C11H14N4O5/c1-5(17)13-7-3-12-15(10(19)14-7)9-8(18)6-2-11(6,4-16)20-9/h3,6,8-9,16,18H,2,4H2,1H3,(H,13,14,17,19)/t6?,8?,9-,11?/m1/s1. The number of nitrogens with zero attached hydrogens (tertiary/aromatic N) is 3. The molecule has 1 aliphatic carbocycles. The van der Waals surface area contributed by atoms with Crippen LogP contribution in [0.3, 0.4) is 0 Å². The minimum atomic E-state index is -0.965. The molecule has 1 aliphatic heterocycles. The highest BCUT2D eigenvalue weighted by Crippen LogP contribution is 2.58. The molecule has 0 bridgehead atoms. The summed E-state index contributed by atoms with van der Waals surface area (Å²) in [5.41, 5.74) is -1.50. The zero-order valence-electron chi connectivity index (χ0n) is 10.7. The molecule has 3 unspecified atom stereocenters.